The van der Waals surface area contributed by atoms with Crippen molar-refractivity contribution in [2.45, 2.75) is 53.1 Å². The number of carbonyl (C=O) groups excluding carboxylic acids is 1. The fraction of sp³-hybridized carbons (Fsp3) is 0.435. The summed E-state index contributed by atoms with van der Waals surface area (Å²) in [6.45, 7) is 9.77. The average Bonchev–Trinajstić information content (AvgIpc) is 2.66. The molecular formula is C23H32N2O4S. The maximum Gasteiger partial charge on any atom is 0.244 e. The summed E-state index contributed by atoms with van der Waals surface area (Å²) in [5.41, 5.74) is 3.54. The summed E-state index contributed by atoms with van der Waals surface area (Å²) in [5.74, 6) is 0.417. The summed E-state index contributed by atoms with van der Waals surface area (Å²) in [7, 11) is -3.66. The third kappa shape index (κ3) is 5.98. The summed E-state index contributed by atoms with van der Waals surface area (Å²) in [5, 5.41) is 2.90. The molecule has 0 aliphatic rings. The van der Waals surface area contributed by atoms with Crippen LogP contribution in [0.2, 0.25) is 0 Å². The Kier molecular flexibility index (Phi) is 7.89. The Hall–Kier alpha value is -2.54. The lowest BCUT2D eigenvalue weighted by Crippen LogP contribution is -2.52. The van der Waals surface area contributed by atoms with Gasteiger partial charge in [0.25, 0.3) is 0 Å². The molecule has 1 amide bonds. The fourth-order valence-corrected chi connectivity index (χ4v) is 4.44. The quantitative estimate of drug-likeness (QED) is 0.655. The lowest BCUT2D eigenvalue weighted by molar-refractivity contribution is -0.123. The van der Waals surface area contributed by atoms with E-state index in [-0.39, 0.29) is 18.6 Å². The molecule has 2 atom stereocenters. The van der Waals surface area contributed by atoms with Gasteiger partial charge < -0.3 is 10.1 Å². The number of hydrogen-bond acceptors (Lipinski definition) is 4. The van der Waals surface area contributed by atoms with E-state index in [1.165, 1.54) is 4.31 Å². The highest BCUT2D eigenvalue weighted by Crippen LogP contribution is 2.25. The molecule has 30 heavy (non-hydrogen) atoms. The number of benzene rings is 2. The molecule has 0 bridgehead atoms. The highest BCUT2D eigenvalue weighted by atomic mass is 32.2. The van der Waals surface area contributed by atoms with Crippen LogP contribution in [-0.2, 0) is 14.8 Å². The first-order chi connectivity index (χ1) is 14.0. The molecule has 0 spiro atoms. The Morgan fingerprint density at radius 3 is 2.30 bits per heavy atom. The Labute approximate surface area is 180 Å². The molecule has 0 fully saturated rings. The SMILES string of the molecule is CCC(C(=O)NC(C)COc1ccccc1C)N(c1ccc(C)c(C)c1)S(C)(=O)=O. The number of para-hydroxylation sites is 1. The van der Waals surface area contributed by atoms with Gasteiger partial charge in [-0.15, -0.1) is 0 Å². The van der Waals surface area contributed by atoms with E-state index in [2.05, 4.69) is 5.32 Å². The van der Waals surface area contributed by atoms with Crippen molar-refractivity contribution >= 4 is 21.6 Å². The molecule has 0 aliphatic carbocycles. The van der Waals surface area contributed by atoms with Gasteiger partial charge >= 0.3 is 0 Å². The van der Waals surface area contributed by atoms with Crippen LogP contribution in [0, 0.1) is 20.8 Å². The zero-order valence-electron chi connectivity index (χ0n) is 18.6. The van der Waals surface area contributed by atoms with E-state index in [0.717, 1.165) is 28.7 Å². The van der Waals surface area contributed by atoms with Gasteiger partial charge in [-0.3, -0.25) is 9.10 Å². The number of aryl methyl sites for hydroxylation is 3. The molecule has 6 nitrogen and oxygen atoms in total. The monoisotopic (exact) mass is 432 g/mol. The van der Waals surface area contributed by atoms with Gasteiger partial charge in [0.05, 0.1) is 18.0 Å². The molecule has 0 radical (unpaired) electrons. The van der Waals surface area contributed by atoms with Crippen LogP contribution < -0.4 is 14.4 Å². The van der Waals surface area contributed by atoms with Crippen LogP contribution in [-0.4, -0.2) is 39.3 Å². The molecule has 1 N–H and O–H groups in total. The van der Waals surface area contributed by atoms with Gasteiger partial charge in [0.2, 0.25) is 15.9 Å². The van der Waals surface area contributed by atoms with E-state index >= 15 is 0 Å². The zero-order chi connectivity index (χ0) is 22.5. The number of amides is 1. The summed E-state index contributed by atoms with van der Waals surface area (Å²) in [4.78, 5) is 13.0. The molecule has 0 aromatic heterocycles. The van der Waals surface area contributed by atoms with Gasteiger partial charge in [0.15, 0.2) is 0 Å². The van der Waals surface area contributed by atoms with E-state index in [0.29, 0.717) is 12.1 Å². The van der Waals surface area contributed by atoms with Gasteiger partial charge in [-0.1, -0.05) is 31.2 Å². The van der Waals surface area contributed by atoms with Crippen molar-refractivity contribution < 1.29 is 17.9 Å². The molecule has 2 aromatic carbocycles. The van der Waals surface area contributed by atoms with Crippen molar-refractivity contribution in [3.05, 3.63) is 59.2 Å². The molecule has 0 heterocycles. The minimum atomic E-state index is -3.66. The standard InChI is InChI=1S/C23H32N2O4S/c1-7-21(25(30(6,27)28)20-13-12-16(2)18(4)14-20)23(26)24-19(5)15-29-22-11-9-8-10-17(22)3/h8-14,19,21H,7,15H2,1-6H3,(H,24,26). The largest absolute Gasteiger partial charge is 0.491 e. The molecule has 164 valence electrons. The zero-order valence-corrected chi connectivity index (χ0v) is 19.4. The number of nitrogens with one attached hydrogen (secondary N) is 1. The molecule has 7 heteroatoms. The highest BCUT2D eigenvalue weighted by Gasteiger charge is 2.32. The number of nitrogens with zero attached hydrogens (tertiary/aromatic N) is 1. The molecule has 0 saturated heterocycles. The lowest BCUT2D eigenvalue weighted by atomic mass is 10.1. The number of hydrogen-bond donors (Lipinski definition) is 1. The predicted molar refractivity (Wildman–Crippen MR) is 122 cm³/mol. The van der Waals surface area contributed by atoms with Gasteiger partial charge in [0, 0.05) is 0 Å². The van der Waals surface area contributed by atoms with Crippen LogP contribution in [0.15, 0.2) is 42.5 Å². The van der Waals surface area contributed by atoms with E-state index in [9.17, 15) is 13.2 Å². The number of sulfonamides is 1. The van der Waals surface area contributed by atoms with Gasteiger partial charge in [-0.05, 0) is 69.0 Å². The van der Waals surface area contributed by atoms with Crippen LogP contribution >= 0.6 is 0 Å². The first-order valence-corrected chi connectivity index (χ1v) is 11.9. The second-order valence-electron chi connectivity index (χ2n) is 7.74. The summed E-state index contributed by atoms with van der Waals surface area (Å²) >= 11 is 0. The van der Waals surface area contributed by atoms with E-state index in [1.54, 1.807) is 19.1 Å². The third-order valence-electron chi connectivity index (χ3n) is 5.05. The highest BCUT2D eigenvalue weighted by molar-refractivity contribution is 7.92. The van der Waals surface area contributed by atoms with Crippen LogP contribution in [0.3, 0.4) is 0 Å². The van der Waals surface area contributed by atoms with Crippen LogP contribution in [0.25, 0.3) is 0 Å². The van der Waals surface area contributed by atoms with E-state index in [4.69, 9.17) is 4.74 Å². The molecule has 2 rings (SSSR count). The molecule has 0 saturated carbocycles. The van der Waals surface area contributed by atoms with E-state index in [1.807, 2.05) is 58.0 Å². The van der Waals surface area contributed by atoms with Crippen molar-refractivity contribution in [3.63, 3.8) is 0 Å². The third-order valence-corrected chi connectivity index (χ3v) is 6.23. The minimum Gasteiger partial charge on any atom is -0.491 e. The van der Waals surface area contributed by atoms with Crippen LogP contribution in [0.5, 0.6) is 5.75 Å². The second kappa shape index (κ2) is 9.98. The van der Waals surface area contributed by atoms with Crippen LogP contribution in [0.1, 0.15) is 37.0 Å². The molecule has 2 aromatic rings. The molecule has 2 unspecified atom stereocenters. The molecule has 0 aliphatic heterocycles. The predicted octanol–water partition coefficient (Wildman–Crippen LogP) is 3.74. The van der Waals surface area contributed by atoms with Crippen molar-refractivity contribution in [1.82, 2.24) is 5.32 Å². The first kappa shape index (κ1) is 23.7. The summed E-state index contributed by atoms with van der Waals surface area (Å²) in [6.07, 6.45) is 1.47. The van der Waals surface area contributed by atoms with Gasteiger partial charge in [-0.2, -0.15) is 0 Å². The average molecular weight is 433 g/mol. The summed E-state index contributed by atoms with van der Waals surface area (Å²) in [6, 6.07) is 11.9. The number of ether oxygens (including phenoxy) is 1. The molecular weight excluding hydrogens is 400 g/mol. The van der Waals surface area contributed by atoms with Gasteiger partial charge in [0.1, 0.15) is 18.4 Å². The maximum atomic E-state index is 13.0. The fourth-order valence-electron chi connectivity index (χ4n) is 3.24. The smallest absolute Gasteiger partial charge is 0.244 e. The van der Waals surface area contributed by atoms with Crippen molar-refractivity contribution in [2.24, 2.45) is 0 Å². The van der Waals surface area contributed by atoms with Crippen molar-refractivity contribution in [3.8, 4) is 5.75 Å². The minimum absolute atomic E-state index is 0.285. The maximum absolute atomic E-state index is 13.0. The van der Waals surface area contributed by atoms with Crippen LogP contribution in [0.4, 0.5) is 5.69 Å². The second-order valence-corrected chi connectivity index (χ2v) is 9.60. The van der Waals surface area contributed by atoms with Gasteiger partial charge in [-0.25, -0.2) is 8.42 Å². The Balaban J connectivity index is 2.17. The Bertz CT molecular complexity index is 988. The Morgan fingerprint density at radius 1 is 1.07 bits per heavy atom. The Morgan fingerprint density at radius 2 is 1.73 bits per heavy atom. The van der Waals surface area contributed by atoms with E-state index < -0.39 is 16.1 Å². The van der Waals surface area contributed by atoms with Crippen molar-refractivity contribution in [1.29, 1.82) is 0 Å². The first-order valence-electron chi connectivity index (χ1n) is 10.1. The normalized spacial score (nSPS) is 13.4. The number of anilines is 1. The number of carbonyl (C=O) groups is 1. The number of rotatable bonds is 9. The topological polar surface area (TPSA) is 75.7 Å². The summed E-state index contributed by atoms with van der Waals surface area (Å²) < 4.78 is 32.2. The van der Waals surface area contributed by atoms with Crippen molar-refractivity contribution in [2.75, 3.05) is 17.2 Å². The lowest BCUT2D eigenvalue weighted by Gasteiger charge is -2.31.